The molecule has 2 N–H and O–H groups in total. The second kappa shape index (κ2) is 5.71. The third-order valence-corrected chi connectivity index (χ3v) is 3.96. The molecule has 3 nitrogen and oxygen atoms in total. The van der Waals surface area contributed by atoms with Crippen LogP contribution in [0, 0.1) is 0 Å². The van der Waals surface area contributed by atoms with E-state index in [4.69, 9.17) is 5.73 Å². The molecule has 0 aromatic carbocycles. The van der Waals surface area contributed by atoms with Gasteiger partial charge in [0.05, 0.1) is 12.2 Å². The van der Waals surface area contributed by atoms with Gasteiger partial charge in [0.25, 0.3) is 0 Å². The van der Waals surface area contributed by atoms with E-state index in [9.17, 15) is 0 Å². The van der Waals surface area contributed by atoms with Crippen molar-refractivity contribution < 1.29 is 0 Å². The lowest BCUT2D eigenvalue weighted by atomic mass is 10.2. The first-order valence-corrected chi connectivity index (χ1v) is 7.45. The van der Waals surface area contributed by atoms with Crippen molar-refractivity contribution in [3.05, 3.63) is 39.1 Å². The van der Waals surface area contributed by atoms with E-state index < -0.39 is 0 Å². The summed E-state index contributed by atoms with van der Waals surface area (Å²) in [5.74, 6) is 0.849. The van der Waals surface area contributed by atoms with Crippen LogP contribution in [0.4, 0.5) is 11.5 Å². The molecule has 0 spiro atoms. The van der Waals surface area contributed by atoms with E-state index in [0.717, 1.165) is 16.8 Å². The summed E-state index contributed by atoms with van der Waals surface area (Å²) in [6.07, 6.45) is 1.79. The molecule has 5 heteroatoms. The average molecular weight is 326 g/mol. The second-order valence-corrected chi connectivity index (χ2v) is 6.32. The summed E-state index contributed by atoms with van der Waals surface area (Å²) >= 11 is 5.14. The van der Waals surface area contributed by atoms with E-state index in [0.29, 0.717) is 11.7 Å². The maximum Gasteiger partial charge on any atom is 0.152 e. The van der Waals surface area contributed by atoms with Gasteiger partial charge in [0.2, 0.25) is 0 Å². The highest BCUT2D eigenvalue weighted by Gasteiger charge is 2.16. The van der Waals surface area contributed by atoms with Gasteiger partial charge >= 0.3 is 0 Å². The molecule has 0 bridgehead atoms. The Morgan fingerprint density at radius 3 is 2.83 bits per heavy atom. The van der Waals surface area contributed by atoms with Gasteiger partial charge in [-0.15, -0.1) is 11.3 Å². The zero-order valence-corrected chi connectivity index (χ0v) is 12.8. The third-order valence-electron chi connectivity index (χ3n) is 2.66. The molecule has 0 aliphatic carbocycles. The van der Waals surface area contributed by atoms with Crippen molar-refractivity contribution in [2.45, 2.75) is 26.4 Å². The van der Waals surface area contributed by atoms with Crippen LogP contribution in [-0.2, 0) is 6.54 Å². The molecule has 2 heterocycles. The minimum absolute atomic E-state index is 0.350. The van der Waals surface area contributed by atoms with E-state index in [1.54, 1.807) is 17.5 Å². The van der Waals surface area contributed by atoms with Gasteiger partial charge in [-0.3, -0.25) is 0 Å². The van der Waals surface area contributed by atoms with E-state index in [1.165, 1.54) is 4.88 Å². The Kier molecular flexibility index (Phi) is 4.24. The molecule has 0 amide bonds. The molecule has 0 aliphatic heterocycles. The number of rotatable bonds is 4. The summed E-state index contributed by atoms with van der Waals surface area (Å²) in [6, 6.07) is 6.45. The van der Waals surface area contributed by atoms with Crippen molar-refractivity contribution in [1.82, 2.24) is 4.98 Å². The van der Waals surface area contributed by atoms with Crippen molar-refractivity contribution in [2.75, 3.05) is 10.6 Å². The van der Waals surface area contributed by atoms with E-state index in [1.807, 2.05) is 6.07 Å². The van der Waals surface area contributed by atoms with Gasteiger partial charge in [0.15, 0.2) is 5.82 Å². The van der Waals surface area contributed by atoms with Crippen LogP contribution in [0.25, 0.3) is 0 Å². The SMILES string of the molecule is CC(C)N(Cc1cccs1)c1ncc(Br)cc1N. The molecule has 2 rings (SSSR count). The standard InChI is InChI=1S/C13H16BrN3S/c1-9(2)17(8-11-4-3-5-18-11)13-12(15)6-10(14)7-16-13/h3-7,9H,8,15H2,1-2H3. The predicted molar refractivity (Wildman–Crippen MR) is 82.0 cm³/mol. The molecule has 2 aromatic heterocycles. The fourth-order valence-electron chi connectivity index (χ4n) is 1.76. The van der Waals surface area contributed by atoms with Crippen LogP contribution in [0.1, 0.15) is 18.7 Å². The Morgan fingerprint density at radius 1 is 1.50 bits per heavy atom. The minimum atomic E-state index is 0.350. The summed E-state index contributed by atoms with van der Waals surface area (Å²) in [5, 5.41) is 2.09. The quantitative estimate of drug-likeness (QED) is 0.926. The number of hydrogen-bond donors (Lipinski definition) is 1. The molecule has 0 unspecified atom stereocenters. The fraction of sp³-hybridized carbons (Fsp3) is 0.308. The van der Waals surface area contributed by atoms with Gasteiger partial charge in [0.1, 0.15) is 0 Å². The largest absolute Gasteiger partial charge is 0.396 e. The molecule has 0 saturated heterocycles. The number of pyridine rings is 1. The van der Waals surface area contributed by atoms with Gasteiger partial charge in [-0.25, -0.2) is 4.98 Å². The maximum atomic E-state index is 6.06. The Morgan fingerprint density at radius 2 is 2.28 bits per heavy atom. The lowest BCUT2D eigenvalue weighted by molar-refractivity contribution is 0.678. The zero-order chi connectivity index (χ0) is 13.1. The van der Waals surface area contributed by atoms with Gasteiger partial charge in [-0.1, -0.05) is 6.07 Å². The molecule has 2 aromatic rings. The van der Waals surface area contributed by atoms with Crippen LogP contribution in [0.3, 0.4) is 0 Å². The molecule has 18 heavy (non-hydrogen) atoms. The van der Waals surface area contributed by atoms with Crippen LogP contribution in [0.15, 0.2) is 34.2 Å². The first kappa shape index (κ1) is 13.4. The highest BCUT2D eigenvalue weighted by molar-refractivity contribution is 9.10. The van der Waals surface area contributed by atoms with Crippen molar-refractivity contribution in [2.24, 2.45) is 0 Å². The molecular weight excluding hydrogens is 310 g/mol. The number of aromatic nitrogens is 1. The van der Waals surface area contributed by atoms with Gasteiger partial charge < -0.3 is 10.6 Å². The highest BCUT2D eigenvalue weighted by Crippen LogP contribution is 2.27. The molecule has 0 radical (unpaired) electrons. The van der Waals surface area contributed by atoms with Crippen molar-refractivity contribution in [3.8, 4) is 0 Å². The number of hydrogen-bond acceptors (Lipinski definition) is 4. The van der Waals surface area contributed by atoms with E-state index in [2.05, 4.69) is 57.2 Å². The Hall–Kier alpha value is -1.07. The van der Waals surface area contributed by atoms with Crippen molar-refractivity contribution in [3.63, 3.8) is 0 Å². The first-order valence-electron chi connectivity index (χ1n) is 5.78. The number of nitrogen functional groups attached to an aromatic ring is 1. The van der Waals surface area contributed by atoms with Crippen molar-refractivity contribution >= 4 is 38.8 Å². The molecular formula is C13H16BrN3S. The van der Waals surface area contributed by atoms with Crippen molar-refractivity contribution in [1.29, 1.82) is 0 Å². The van der Waals surface area contributed by atoms with Crippen LogP contribution < -0.4 is 10.6 Å². The van der Waals surface area contributed by atoms with Gasteiger partial charge in [-0.2, -0.15) is 0 Å². The smallest absolute Gasteiger partial charge is 0.152 e. The van der Waals surface area contributed by atoms with E-state index >= 15 is 0 Å². The normalized spacial score (nSPS) is 10.9. The van der Waals surface area contributed by atoms with E-state index in [-0.39, 0.29) is 0 Å². The topological polar surface area (TPSA) is 42.2 Å². The number of halogens is 1. The maximum absolute atomic E-state index is 6.06. The lowest BCUT2D eigenvalue weighted by Gasteiger charge is -2.28. The second-order valence-electron chi connectivity index (χ2n) is 4.37. The number of nitrogens with zero attached hydrogens (tertiary/aromatic N) is 2. The molecule has 0 saturated carbocycles. The molecule has 0 fully saturated rings. The van der Waals surface area contributed by atoms with Crippen LogP contribution in [0.5, 0.6) is 0 Å². The predicted octanol–water partition coefficient (Wildman–Crippen LogP) is 3.90. The Labute approximate surface area is 120 Å². The average Bonchev–Trinajstić information content (AvgIpc) is 2.79. The number of thiophene rings is 1. The fourth-order valence-corrected chi connectivity index (χ4v) is 2.81. The molecule has 0 atom stereocenters. The summed E-state index contributed by atoms with van der Waals surface area (Å²) in [5.41, 5.74) is 6.76. The van der Waals surface area contributed by atoms with Gasteiger partial charge in [0, 0.05) is 21.6 Å². The Balaban J connectivity index is 2.29. The monoisotopic (exact) mass is 325 g/mol. The Bertz CT molecular complexity index is 511. The summed E-state index contributed by atoms with van der Waals surface area (Å²) in [4.78, 5) is 7.97. The minimum Gasteiger partial charge on any atom is -0.396 e. The highest BCUT2D eigenvalue weighted by atomic mass is 79.9. The number of nitrogens with two attached hydrogens (primary N) is 1. The summed E-state index contributed by atoms with van der Waals surface area (Å²) < 4.78 is 0.906. The zero-order valence-electron chi connectivity index (χ0n) is 10.4. The molecule has 96 valence electrons. The van der Waals surface area contributed by atoms with Crippen LogP contribution in [0.2, 0.25) is 0 Å². The lowest BCUT2D eigenvalue weighted by Crippen LogP contribution is -2.31. The van der Waals surface area contributed by atoms with Crippen LogP contribution in [-0.4, -0.2) is 11.0 Å². The first-order chi connectivity index (χ1) is 8.58. The summed E-state index contributed by atoms with van der Waals surface area (Å²) in [6.45, 7) is 5.14. The third kappa shape index (κ3) is 3.03. The number of anilines is 2. The summed E-state index contributed by atoms with van der Waals surface area (Å²) in [7, 11) is 0. The van der Waals surface area contributed by atoms with Crippen LogP contribution >= 0.6 is 27.3 Å². The van der Waals surface area contributed by atoms with Gasteiger partial charge in [-0.05, 0) is 47.3 Å². The molecule has 0 aliphatic rings.